The number of aromatic nitrogens is 2. The van der Waals surface area contributed by atoms with E-state index in [9.17, 15) is 10.1 Å². The lowest BCUT2D eigenvalue weighted by Crippen LogP contribution is -2.26. The molecule has 1 N–H and O–H groups in total. The van der Waals surface area contributed by atoms with Gasteiger partial charge in [0, 0.05) is 23.6 Å². The Hall–Kier alpha value is -2.28. The maximum absolute atomic E-state index is 10.8. The summed E-state index contributed by atoms with van der Waals surface area (Å²) in [5.41, 5.74) is 0.624. The number of non-ortho nitro benzene ring substituents is 1. The Morgan fingerprint density at radius 3 is 2.90 bits per heavy atom. The molecular weight excluding hydrogens is 260 g/mol. The first-order valence-electron chi connectivity index (χ1n) is 6.53. The van der Waals surface area contributed by atoms with E-state index in [4.69, 9.17) is 4.52 Å². The Labute approximate surface area is 115 Å². The van der Waals surface area contributed by atoms with E-state index < -0.39 is 4.92 Å². The number of nitrogens with zero attached hydrogens (tertiary/aromatic N) is 3. The quantitative estimate of drug-likeness (QED) is 0.680. The molecule has 1 aromatic carbocycles. The molecule has 7 nitrogen and oxygen atoms in total. The number of hydrogen-bond acceptors (Lipinski definition) is 6. The van der Waals surface area contributed by atoms with Crippen LogP contribution in [-0.4, -0.2) is 28.2 Å². The predicted octanol–water partition coefficient (Wildman–Crippen LogP) is 2.11. The van der Waals surface area contributed by atoms with E-state index in [0.717, 1.165) is 25.9 Å². The molecule has 1 saturated heterocycles. The summed E-state index contributed by atoms with van der Waals surface area (Å²) in [4.78, 5) is 14.7. The summed E-state index contributed by atoms with van der Waals surface area (Å²) in [7, 11) is 0. The van der Waals surface area contributed by atoms with Crippen LogP contribution >= 0.6 is 0 Å². The van der Waals surface area contributed by atoms with Crippen molar-refractivity contribution in [2.24, 2.45) is 0 Å². The van der Waals surface area contributed by atoms with Crippen LogP contribution in [0.3, 0.4) is 0 Å². The van der Waals surface area contributed by atoms with Crippen LogP contribution in [0, 0.1) is 10.1 Å². The van der Waals surface area contributed by atoms with Gasteiger partial charge in [0.1, 0.15) is 0 Å². The molecule has 2 aromatic rings. The number of nitrogens with one attached hydrogen (secondary N) is 1. The standard InChI is InChI=1S/C13H14N4O3/c18-17(19)11-3-1-2-10(8-11)12-15-13(20-16-12)9-4-6-14-7-5-9/h1-3,8-9,14H,4-7H2. The molecule has 0 aliphatic carbocycles. The first kappa shape index (κ1) is 12.7. The molecule has 0 spiro atoms. The number of benzene rings is 1. The van der Waals surface area contributed by atoms with Gasteiger partial charge in [0.15, 0.2) is 0 Å². The van der Waals surface area contributed by atoms with Crippen LogP contribution < -0.4 is 5.32 Å². The highest BCUT2D eigenvalue weighted by Gasteiger charge is 2.22. The van der Waals surface area contributed by atoms with E-state index in [2.05, 4.69) is 15.5 Å². The number of piperidine rings is 1. The van der Waals surface area contributed by atoms with Gasteiger partial charge in [-0.25, -0.2) is 0 Å². The van der Waals surface area contributed by atoms with Crippen molar-refractivity contribution < 1.29 is 9.45 Å². The minimum atomic E-state index is -0.433. The lowest BCUT2D eigenvalue weighted by Gasteiger charge is -2.18. The summed E-state index contributed by atoms with van der Waals surface area (Å²) in [5, 5.41) is 18.0. The third-order valence-electron chi connectivity index (χ3n) is 3.45. The Bertz CT molecular complexity index is 620. The smallest absolute Gasteiger partial charge is 0.270 e. The Morgan fingerprint density at radius 2 is 2.15 bits per heavy atom. The van der Waals surface area contributed by atoms with Crippen LogP contribution in [0.2, 0.25) is 0 Å². The van der Waals surface area contributed by atoms with Crippen molar-refractivity contribution in [1.29, 1.82) is 0 Å². The predicted molar refractivity (Wildman–Crippen MR) is 71.2 cm³/mol. The zero-order valence-corrected chi connectivity index (χ0v) is 10.8. The highest BCUT2D eigenvalue weighted by atomic mass is 16.6. The lowest BCUT2D eigenvalue weighted by molar-refractivity contribution is -0.384. The fourth-order valence-corrected chi connectivity index (χ4v) is 2.35. The fraction of sp³-hybridized carbons (Fsp3) is 0.385. The second-order valence-corrected chi connectivity index (χ2v) is 4.79. The highest BCUT2D eigenvalue weighted by Crippen LogP contribution is 2.27. The summed E-state index contributed by atoms with van der Waals surface area (Å²) >= 11 is 0. The Balaban J connectivity index is 1.85. The van der Waals surface area contributed by atoms with Crippen LogP contribution in [0.5, 0.6) is 0 Å². The zero-order valence-electron chi connectivity index (χ0n) is 10.8. The average Bonchev–Trinajstić information content (AvgIpc) is 2.98. The number of nitro benzene ring substituents is 1. The van der Waals surface area contributed by atoms with Crippen LogP contribution in [0.4, 0.5) is 5.69 Å². The molecule has 1 aliphatic rings. The molecule has 0 bridgehead atoms. The van der Waals surface area contributed by atoms with Crippen LogP contribution in [0.25, 0.3) is 11.4 Å². The van der Waals surface area contributed by atoms with Crippen molar-refractivity contribution in [2.45, 2.75) is 18.8 Å². The molecular formula is C13H14N4O3. The van der Waals surface area contributed by atoms with Crippen LogP contribution in [0.15, 0.2) is 28.8 Å². The first-order valence-corrected chi connectivity index (χ1v) is 6.53. The molecule has 0 unspecified atom stereocenters. The van der Waals surface area contributed by atoms with Gasteiger partial charge in [-0.05, 0) is 25.9 Å². The summed E-state index contributed by atoms with van der Waals surface area (Å²) < 4.78 is 5.30. The molecule has 0 radical (unpaired) electrons. The van der Waals surface area contributed by atoms with Gasteiger partial charge in [0.2, 0.25) is 11.7 Å². The van der Waals surface area contributed by atoms with Crippen molar-refractivity contribution in [3.8, 4) is 11.4 Å². The molecule has 20 heavy (non-hydrogen) atoms. The van der Waals surface area contributed by atoms with Crippen molar-refractivity contribution >= 4 is 5.69 Å². The van der Waals surface area contributed by atoms with Gasteiger partial charge in [-0.15, -0.1) is 0 Å². The van der Waals surface area contributed by atoms with E-state index in [1.807, 2.05) is 0 Å². The summed E-state index contributed by atoms with van der Waals surface area (Å²) in [5.74, 6) is 1.30. The molecule has 1 aliphatic heterocycles. The lowest BCUT2D eigenvalue weighted by atomic mass is 9.98. The van der Waals surface area contributed by atoms with E-state index in [-0.39, 0.29) is 11.6 Å². The van der Waals surface area contributed by atoms with Crippen molar-refractivity contribution in [1.82, 2.24) is 15.5 Å². The molecule has 1 aromatic heterocycles. The summed E-state index contributed by atoms with van der Waals surface area (Å²) in [6.45, 7) is 1.89. The average molecular weight is 274 g/mol. The summed E-state index contributed by atoms with van der Waals surface area (Å²) in [6.07, 6.45) is 1.94. The largest absolute Gasteiger partial charge is 0.339 e. The van der Waals surface area contributed by atoms with Gasteiger partial charge in [-0.2, -0.15) is 4.98 Å². The van der Waals surface area contributed by atoms with E-state index in [1.165, 1.54) is 12.1 Å². The van der Waals surface area contributed by atoms with Gasteiger partial charge in [0.05, 0.1) is 4.92 Å². The van der Waals surface area contributed by atoms with Gasteiger partial charge in [-0.3, -0.25) is 10.1 Å². The molecule has 0 saturated carbocycles. The Morgan fingerprint density at radius 1 is 1.35 bits per heavy atom. The van der Waals surface area contributed by atoms with Gasteiger partial charge < -0.3 is 9.84 Å². The monoisotopic (exact) mass is 274 g/mol. The van der Waals surface area contributed by atoms with Gasteiger partial charge in [-0.1, -0.05) is 17.3 Å². The van der Waals surface area contributed by atoms with Gasteiger partial charge >= 0.3 is 0 Å². The van der Waals surface area contributed by atoms with E-state index >= 15 is 0 Å². The number of hydrogen-bond donors (Lipinski definition) is 1. The normalized spacial score (nSPS) is 16.2. The minimum absolute atomic E-state index is 0.0238. The SMILES string of the molecule is O=[N+]([O-])c1cccc(-c2noc(C3CCNCC3)n2)c1. The molecule has 1 fully saturated rings. The number of nitro groups is 1. The maximum atomic E-state index is 10.8. The molecule has 2 heterocycles. The molecule has 0 amide bonds. The van der Waals surface area contributed by atoms with E-state index in [1.54, 1.807) is 12.1 Å². The van der Waals surface area contributed by atoms with Crippen molar-refractivity contribution in [3.63, 3.8) is 0 Å². The second kappa shape index (κ2) is 5.38. The third-order valence-corrected chi connectivity index (χ3v) is 3.45. The molecule has 7 heteroatoms. The molecule has 3 rings (SSSR count). The van der Waals surface area contributed by atoms with Crippen LogP contribution in [-0.2, 0) is 0 Å². The first-order chi connectivity index (χ1) is 9.74. The third kappa shape index (κ3) is 2.53. The maximum Gasteiger partial charge on any atom is 0.270 e. The van der Waals surface area contributed by atoms with E-state index in [0.29, 0.717) is 17.3 Å². The zero-order chi connectivity index (χ0) is 13.9. The topological polar surface area (TPSA) is 94.1 Å². The minimum Gasteiger partial charge on any atom is -0.339 e. The Kier molecular flexibility index (Phi) is 3.42. The highest BCUT2D eigenvalue weighted by molar-refractivity contribution is 5.58. The van der Waals surface area contributed by atoms with Crippen molar-refractivity contribution in [2.75, 3.05) is 13.1 Å². The summed E-state index contributed by atoms with van der Waals surface area (Å²) in [6, 6.07) is 6.26. The fourth-order valence-electron chi connectivity index (χ4n) is 2.35. The second-order valence-electron chi connectivity index (χ2n) is 4.79. The molecule has 0 atom stereocenters. The molecule has 104 valence electrons. The van der Waals surface area contributed by atoms with Crippen LogP contribution in [0.1, 0.15) is 24.7 Å². The van der Waals surface area contributed by atoms with Crippen molar-refractivity contribution in [3.05, 3.63) is 40.3 Å². The number of rotatable bonds is 3. The van der Waals surface area contributed by atoms with Gasteiger partial charge in [0.25, 0.3) is 5.69 Å².